The van der Waals surface area contributed by atoms with Crippen LogP contribution in [0.15, 0.2) is 24.4 Å². The Kier molecular flexibility index (Phi) is 4.54. The quantitative estimate of drug-likeness (QED) is 0.798. The van der Waals surface area contributed by atoms with Crippen LogP contribution in [0.1, 0.15) is 30.9 Å². The summed E-state index contributed by atoms with van der Waals surface area (Å²) in [6.07, 6.45) is 4.25. The van der Waals surface area contributed by atoms with Gasteiger partial charge in [-0.25, -0.2) is 8.42 Å². The van der Waals surface area contributed by atoms with Crippen LogP contribution in [0.2, 0.25) is 0 Å². The summed E-state index contributed by atoms with van der Waals surface area (Å²) in [6.45, 7) is 3.23. The van der Waals surface area contributed by atoms with Crippen LogP contribution in [0.3, 0.4) is 0 Å². The van der Waals surface area contributed by atoms with Crippen LogP contribution in [0.5, 0.6) is 0 Å². The lowest BCUT2D eigenvalue weighted by Gasteiger charge is -2.43. The fraction of sp³-hybridized carbons (Fsp3) is 0.667. The van der Waals surface area contributed by atoms with E-state index in [-0.39, 0.29) is 17.9 Å². The van der Waals surface area contributed by atoms with E-state index < -0.39 is 9.84 Å². The zero-order chi connectivity index (χ0) is 17.4. The van der Waals surface area contributed by atoms with Gasteiger partial charge in [0.2, 0.25) is 5.91 Å². The van der Waals surface area contributed by atoms with Gasteiger partial charge in [-0.3, -0.25) is 14.7 Å². The lowest BCUT2D eigenvalue weighted by Crippen LogP contribution is -2.53. The van der Waals surface area contributed by atoms with E-state index in [4.69, 9.17) is 0 Å². The summed E-state index contributed by atoms with van der Waals surface area (Å²) in [7, 11) is -2.84. The van der Waals surface area contributed by atoms with Crippen molar-refractivity contribution in [1.29, 1.82) is 0 Å². The maximum Gasteiger partial charge on any atom is 0.225 e. The highest BCUT2D eigenvalue weighted by atomic mass is 32.2. The Morgan fingerprint density at radius 2 is 1.88 bits per heavy atom. The molecule has 4 heterocycles. The molecule has 25 heavy (non-hydrogen) atoms. The number of pyridine rings is 1. The minimum atomic E-state index is -2.84. The molecule has 3 aliphatic heterocycles. The summed E-state index contributed by atoms with van der Waals surface area (Å²) < 4.78 is 23.3. The first-order chi connectivity index (χ1) is 12.0. The molecule has 1 aromatic heterocycles. The molecule has 3 saturated heterocycles. The van der Waals surface area contributed by atoms with Crippen molar-refractivity contribution in [3.05, 3.63) is 30.1 Å². The number of carbonyl (C=O) groups excluding carboxylic acids is 1. The highest BCUT2D eigenvalue weighted by Gasteiger charge is 2.39. The number of piperidine rings is 1. The molecule has 1 aromatic rings. The summed E-state index contributed by atoms with van der Waals surface area (Å²) >= 11 is 0. The minimum absolute atomic E-state index is 0.0962. The molecule has 0 saturated carbocycles. The van der Waals surface area contributed by atoms with Crippen LogP contribution in [0, 0.1) is 5.92 Å². The van der Waals surface area contributed by atoms with E-state index in [0.717, 1.165) is 51.1 Å². The number of nitrogens with zero attached hydrogens (tertiary/aromatic N) is 3. The van der Waals surface area contributed by atoms with Crippen molar-refractivity contribution < 1.29 is 13.2 Å². The Morgan fingerprint density at radius 1 is 1.12 bits per heavy atom. The zero-order valence-electron chi connectivity index (χ0n) is 14.4. The normalized spacial score (nSPS) is 28.0. The Morgan fingerprint density at radius 3 is 2.48 bits per heavy atom. The molecular formula is C18H25N3O3S. The molecular weight excluding hydrogens is 338 g/mol. The third kappa shape index (κ3) is 3.58. The molecule has 0 radical (unpaired) electrons. The summed E-state index contributed by atoms with van der Waals surface area (Å²) in [5.74, 6) is 1.35. The number of amides is 1. The Hall–Kier alpha value is -1.47. The van der Waals surface area contributed by atoms with Crippen molar-refractivity contribution in [3.63, 3.8) is 0 Å². The van der Waals surface area contributed by atoms with Crippen molar-refractivity contribution in [2.45, 2.75) is 31.2 Å². The van der Waals surface area contributed by atoms with Crippen LogP contribution < -0.4 is 0 Å². The van der Waals surface area contributed by atoms with Crippen molar-refractivity contribution in [2.75, 3.05) is 37.7 Å². The van der Waals surface area contributed by atoms with E-state index in [2.05, 4.69) is 9.88 Å². The van der Waals surface area contributed by atoms with Crippen LogP contribution in [-0.2, 0) is 14.6 Å². The van der Waals surface area contributed by atoms with E-state index in [9.17, 15) is 13.2 Å². The lowest BCUT2D eigenvalue weighted by molar-refractivity contribution is -0.141. The van der Waals surface area contributed by atoms with Gasteiger partial charge < -0.3 is 4.90 Å². The lowest BCUT2D eigenvalue weighted by atomic mass is 9.89. The Balaban J connectivity index is 1.25. The van der Waals surface area contributed by atoms with E-state index in [1.54, 1.807) is 6.20 Å². The number of rotatable bonds is 3. The highest BCUT2D eigenvalue weighted by molar-refractivity contribution is 7.91. The van der Waals surface area contributed by atoms with Gasteiger partial charge in [-0.05, 0) is 44.5 Å². The number of hydrogen-bond donors (Lipinski definition) is 0. The van der Waals surface area contributed by atoms with E-state index in [1.165, 1.54) is 0 Å². The molecule has 0 spiro atoms. The van der Waals surface area contributed by atoms with Gasteiger partial charge >= 0.3 is 0 Å². The van der Waals surface area contributed by atoms with Crippen molar-refractivity contribution in [2.24, 2.45) is 5.92 Å². The molecule has 136 valence electrons. The average molecular weight is 363 g/mol. The number of aromatic nitrogens is 1. The predicted octanol–water partition coefficient (Wildman–Crippen LogP) is 0.907. The molecule has 0 unspecified atom stereocenters. The molecule has 3 fully saturated rings. The summed E-state index contributed by atoms with van der Waals surface area (Å²) in [4.78, 5) is 21.3. The SMILES string of the molecule is O=C(C1CCN([C@@H]2CCS(=O)(=O)C2)CC1)N1CC(c2ccccn2)C1. The molecule has 1 atom stereocenters. The van der Waals surface area contributed by atoms with Crippen LogP contribution in [-0.4, -0.2) is 72.8 Å². The Bertz CT molecular complexity index is 723. The first-order valence-electron chi connectivity index (χ1n) is 9.16. The molecule has 0 N–H and O–H groups in total. The second-order valence-electron chi connectivity index (χ2n) is 7.56. The molecule has 0 bridgehead atoms. The number of carbonyl (C=O) groups is 1. The van der Waals surface area contributed by atoms with Gasteiger partial charge in [0.25, 0.3) is 0 Å². The average Bonchev–Trinajstić information content (AvgIpc) is 2.94. The van der Waals surface area contributed by atoms with Crippen molar-refractivity contribution >= 4 is 15.7 Å². The first kappa shape index (κ1) is 17.0. The van der Waals surface area contributed by atoms with Gasteiger partial charge in [-0.15, -0.1) is 0 Å². The standard InChI is InChI=1S/C18H25N3O3S/c22-18(21-11-15(12-21)17-3-1-2-7-19-17)14-4-8-20(9-5-14)16-6-10-25(23,24)13-16/h1-3,7,14-16H,4-6,8-13H2/t16-/m1/s1. The molecule has 0 aromatic carbocycles. The van der Waals surface area contributed by atoms with Crippen LogP contribution in [0.4, 0.5) is 0 Å². The number of likely N-dealkylation sites (tertiary alicyclic amines) is 2. The molecule has 7 heteroatoms. The van der Waals surface area contributed by atoms with Gasteiger partial charge in [0.05, 0.1) is 11.5 Å². The van der Waals surface area contributed by atoms with Crippen LogP contribution in [0.25, 0.3) is 0 Å². The topological polar surface area (TPSA) is 70.6 Å². The third-order valence-electron chi connectivity index (χ3n) is 5.90. The molecule has 6 nitrogen and oxygen atoms in total. The smallest absolute Gasteiger partial charge is 0.225 e. The molecule has 4 rings (SSSR count). The van der Waals surface area contributed by atoms with Crippen molar-refractivity contribution in [1.82, 2.24) is 14.8 Å². The van der Waals surface area contributed by atoms with Crippen molar-refractivity contribution in [3.8, 4) is 0 Å². The summed E-state index contributed by atoms with van der Waals surface area (Å²) in [5.41, 5.74) is 1.07. The fourth-order valence-electron chi connectivity index (χ4n) is 4.30. The second-order valence-corrected chi connectivity index (χ2v) is 9.79. The van der Waals surface area contributed by atoms with E-state index in [1.807, 2.05) is 23.1 Å². The molecule has 1 amide bonds. The largest absolute Gasteiger partial charge is 0.341 e. The molecule has 0 aliphatic carbocycles. The van der Waals surface area contributed by atoms with Gasteiger partial charge in [-0.1, -0.05) is 6.07 Å². The van der Waals surface area contributed by atoms with Gasteiger partial charge in [0.15, 0.2) is 9.84 Å². The third-order valence-corrected chi connectivity index (χ3v) is 7.65. The van der Waals surface area contributed by atoms with E-state index in [0.29, 0.717) is 17.4 Å². The summed E-state index contributed by atoms with van der Waals surface area (Å²) in [6, 6.07) is 6.10. The fourth-order valence-corrected chi connectivity index (χ4v) is 6.06. The van der Waals surface area contributed by atoms with Crippen LogP contribution >= 0.6 is 0 Å². The maximum atomic E-state index is 12.7. The van der Waals surface area contributed by atoms with Gasteiger partial charge in [0.1, 0.15) is 0 Å². The highest BCUT2D eigenvalue weighted by Crippen LogP contribution is 2.30. The molecule has 3 aliphatic rings. The first-order valence-corrected chi connectivity index (χ1v) is 11.0. The Labute approximate surface area is 149 Å². The predicted molar refractivity (Wildman–Crippen MR) is 94.9 cm³/mol. The summed E-state index contributed by atoms with van der Waals surface area (Å²) in [5, 5.41) is 0. The second kappa shape index (κ2) is 6.68. The minimum Gasteiger partial charge on any atom is -0.341 e. The number of sulfone groups is 1. The number of hydrogen-bond acceptors (Lipinski definition) is 5. The monoisotopic (exact) mass is 363 g/mol. The zero-order valence-corrected chi connectivity index (χ0v) is 15.2. The van der Waals surface area contributed by atoms with E-state index >= 15 is 0 Å². The van der Waals surface area contributed by atoms with Gasteiger partial charge in [0, 0.05) is 42.9 Å². The van der Waals surface area contributed by atoms with Gasteiger partial charge in [-0.2, -0.15) is 0 Å². The maximum absolute atomic E-state index is 12.7.